The fourth-order valence-electron chi connectivity index (χ4n) is 5.23. The number of carbonyl (C=O) groups is 2. The molecule has 2 amide bonds. The summed E-state index contributed by atoms with van der Waals surface area (Å²) in [6.07, 6.45) is 7.50. The molecule has 0 saturated heterocycles. The number of halogens is 1. The summed E-state index contributed by atoms with van der Waals surface area (Å²) in [4.78, 5) is 25.7. The Kier molecular flexibility index (Phi) is 18.9. The smallest absolute Gasteiger partial charge is 0.255 e. The number of benzene rings is 1. The lowest BCUT2D eigenvalue weighted by atomic mass is 9.85. The number of methoxy groups -OCH3 is 2. The average Bonchev–Trinajstić information content (AvgIpc) is 2.96. The summed E-state index contributed by atoms with van der Waals surface area (Å²) in [6, 6.07) is 6.67. The van der Waals surface area contributed by atoms with Crippen LogP contribution in [-0.2, 0) is 14.3 Å². The van der Waals surface area contributed by atoms with Crippen molar-refractivity contribution < 1.29 is 28.9 Å². The van der Waals surface area contributed by atoms with Gasteiger partial charge in [-0.2, -0.15) is 0 Å². The molecule has 236 valence electrons. The summed E-state index contributed by atoms with van der Waals surface area (Å²) in [5.41, 5.74) is 6.85. The number of aliphatic hydroxyl groups is 1. The van der Waals surface area contributed by atoms with Gasteiger partial charge in [-0.05, 0) is 55.6 Å². The van der Waals surface area contributed by atoms with Crippen LogP contribution in [0.1, 0.15) is 82.0 Å². The Morgan fingerprint density at radius 2 is 1.71 bits per heavy atom. The molecule has 1 saturated carbocycles. The second-order valence-electron chi connectivity index (χ2n) is 11.4. The molecular formula is C31H54ClN3O6. The summed E-state index contributed by atoms with van der Waals surface area (Å²) in [5, 5.41) is 16.6. The first-order chi connectivity index (χ1) is 19.3. The Bertz CT molecular complexity index is 868. The number of nitrogens with one attached hydrogen (secondary N) is 2. The largest absolute Gasteiger partial charge is 0.493 e. The molecule has 0 aromatic heterocycles. The van der Waals surface area contributed by atoms with E-state index in [0.29, 0.717) is 49.8 Å². The summed E-state index contributed by atoms with van der Waals surface area (Å²) < 4.78 is 16.4. The molecule has 4 atom stereocenters. The van der Waals surface area contributed by atoms with Gasteiger partial charge < -0.3 is 35.7 Å². The Balaban J connectivity index is 0.00000840. The highest BCUT2D eigenvalue weighted by molar-refractivity contribution is 5.96. The first-order valence-corrected chi connectivity index (χ1v) is 15.0. The maximum Gasteiger partial charge on any atom is 0.255 e. The minimum absolute atomic E-state index is 0. The van der Waals surface area contributed by atoms with Crippen molar-refractivity contribution in [3.8, 4) is 5.75 Å². The van der Waals surface area contributed by atoms with Crippen LogP contribution in [0.2, 0.25) is 0 Å². The Hall–Kier alpha value is -1.91. The van der Waals surface area contributed by atoms with E-state index in [2.05, 4.69) is 24.5 Å². The lowest BCUT2D eigenvalue weighted by Gasteiger charge is -2.28. The topological polar surface area (TPSA) is 132 Å². The predicted octanol–water partition coefficient (Wildman–Crippen LogP) is 4.10. The molecule has 0 bridgehead atoms. The van der Waals surface area contributed by atoms with Crippen LogP contribution in [-0.4, -0.2) is 75.7 Å². The first-order valence-electron chi connectivity index (χ1n) is 15.0. The number of para-hydroxylation sites is 1. The molecule has 0 spiro atoms. The number of amides is 2. The van der Waals surface area contributed by atoms with E-state index in [4.69, 9.17) is 19.9 Å². The van der Waals surface area contributed by atoms with Crippen molar-refractivity contribution in [1.82, 2.24) is 10.6 Å². The Morgan fingerprint density at radius 1 is 1.02 bits per heavy atom. The highest BCUT2D eigenvalue weighted by Crippen LogP contribution is 2.28. The average molecular weight is 600 g/mol. The number of rotatable bonds is 19. The van der Waals surface area contributed by atoms with Gasteiger partial charge in [0.05, 0.1) is 18.3 Å². The second-order valence-corrected chi connectivity index (χ2v) is 11.4. The van der Waals surface area contributed by atoms with E-state index >= 15 is 0 Å². The monoisotopic (exact) mass is 599 g/mol. The standard InChI is InChI=1S/C31H53N3O6.ClH/c1-22(2)24(20-33-30(36)25-14-8-9-15-28(25)40-17-11-10-16-38-3)19-26(32)27(35)21-34-31(37)29(39-4)18-23-12-6-5-7-13-23;/h8-9,14-15,22-24,26-27,29,35H,5-7,10-13,16-21,32H2,1-4H3,(H,33,36)(H,34,37);1H. The molecule has 0 aliphatic heterocycles. The molecule has 2 rings (SSSR count). The van der Waals surface area contributed by atoms with Gasteiger partial charge in [-0.15, -0.1) is 12.4 Å². The van der Waals surface area contributed by atoms with Crippen molar-refractivity contribution in [1.29, 1.82) is 0 Å². The quantitative estimate of drug-likeness (QED) is 0.176. The van der Waals surface area contributed by atoms with Crippen molar-refractivity contribution in [2.75, 3.05) is 40.5 Å². The minimum atomic E-state index is -0.902. The summed E-state index contributed by atoms with van der Waals surface area (Å²) in [5.74, 6) is 0.935. The Labute approximate surface area is 253 Å². The van der Waals surface area contributed by atoms with Crippen LogP contribution in [0, 0.1) is 17.8 Å². The fourth-order valence-corrected chi connectivity index (χ4v) is 5.23. The molecule has 1 aromatic rings. The van der Waals surface area contributed by atoms with Gasteiger partial charge in [0.2, 0.25) is 5.91 Å². The van der Waals surface area contributed by atoms with E-state index in [1.54, 1.807) is 26.4 Å². The maximum atomic E-state index is 13.0. The molecular weight excluding hydrogens is 546 g/mol. The zero-order valence-corrected chi connectivity index (χ0v) is 26.3. The molecule has 1 fully saturated rings. The zero-order valence-electron chi connectivity index (χ0n) is 25.4. The lowest BCUT2D eigenvalue weighted by Crippen LogP contribution is -2.48. The van der Waals surface area contributed by atoms with E-state index in [0.717, 1.165) is 25.7 Å². The van der Waals surface area contributed by atoms with Gasteiger partial charge >= 0.3 is 0 Å². The van der Waals surface area contributed by atoms with Gasteiger partial charge in [-0.1, -0.05) is 58.1 Å². The van der Waals surface area contributed by atoms with E-state index in [1.165, 1.54) is 19.3 Å². The summed E-state index contributed by atoms with van der Waals surface area (Å²) in [6.45, 7) is 5.82. The number of ether oxygens (including phenoxy) is 3. The maximum absolute atomic E-state index is 13.0. The number of carbonyl (C=O) groups excluding carboxylic acids is 2. The van der Waals surface area contributed by atoms with Crippen LogP contribution in [0.4, 0.5) is 0 Å². The van der Waals surface area contributed by atoms with Crippen molar-refractivity contribution in [2.45, 2.75) is 89.9 Å². The van der Waals surface area contributed by atoms with Crippen LogP contribution < -0.4 is 21.1 Å². The molecule has 0 radical (unpaired) electrons. The van der Waals surface area contributed by atoms with Gasteiger partial charge in [0.25, 0.3) is 5.91 Å². The molecule has 4 unspecified atom stereocenters. The van der Waals surface area contributed by atoms with E-state index in [1.807, 2.05) is 12.1 Å². The molecule has 1 aliphatic rings. The Morgan fingerprint density at radius 3 is 2.37 bits per heavy atom. The number of hydrogen-bond acceptors (Lipinski definition) is 7. The normalized spacial score (nSPS) is 16.8. The van der Waals surface area contributed by atoms with Gasteiger partial charge in [-0.3, -0.25) is 9.59 Å². The van der Waals surface area contributed by atoms with Crippen LogP contribution in [0.5, 0.6) is 5.75 Å². The molecule has 9 nitrogen and oxygen atoms in total. The number of unbranched alkanes of at least 4 members (excludes halogenated alkanes) is 1. The summed E-state index contributed by atoms with van der Waals surface area (Å²) in [7, 11) is 3.23. The number of aliphatic hydroxyl groups excluding tert-OH is 1. The molecule has 10 heteroatoms. The zero-order chi connectivity index (χ0) is 29.3. The molecule has 0 heterocycles. The highest BCUT2D eigenvalue weighted by atomic mass is 35.5. The van der Waals surface area contributed by atoms with E-state index in [9.17, 15) is 14.7 Å². The van der Waals surface area contributed by atoms with Gasteiger partial charge in [0, 0.05) is 40.0 Å². The molecule has 41 heavy (non-hydrogen) atoms. The molecule has 1 aromatic carbocycles. The first kappa shape index (κ1) is 37.1. The van der Waals surface area contributed by atoms with Crippen LogP contribution in [0.3, 0.4) is 0 Å². The highest BCUT2D eigenvalue weighted by Gasteiger charge is 2.27. The third-order valence-electron chi connectivity index (χ3n) is 8.00. The van der Waals surface area contributed by atoms with Crippen molar-refractivity contribution in [3.05, 3.63) is 29.8 Å². The van der Waals surface area contributed by atoms with Gasteiger partial charge in [0.15, 0.2) is 0 Å². The molecule has 5 N–H and O–H groups in total. The molecule has 1 aliphatic carbocycles. The van der Waals surface area contributed by atoms with Gasteiger partial charge in [-0.25, -0.2) is 0 Å². The van der Waals surface area contributed by atoms with Crippen molar-refractivity contribution in [2.24, 2.45) is 23.5 Å². The van der Waals surface area contributed by atoms with Crippen LogP contribution >= 0.6 is 12.4 Å². The lowest BCUT2D eigenvalue weighted by molar-refractivity contribution is -0.132. The van der Waals surface area contributed by atoms with E-state index in [-0.39, 0.29) is 42.6 Å². The third kappa shape index (κ3) is 13.7. The van der Waals surface area contributed by atoms with Crippen molar-refractivity contribution in [3.63, 3.8) is 0 Å². The van der Waals surface area contributed by atoms with E-state index < -0.39 is 18.2 Å². The SMILES string of the molecule is COCCCCOc1ccccc1C(=O)NCC(CC(N)C(O)CNC(=O)C(CC1CCCCC1)OC)C(C)C.Cl. The number of hydrogen-bond donors (Lipinski definition) is 4. The van der Waals surface area contributed by atoms with Crippen molar-refractivity contribution >= 4 is 24.2 Å². The third-order valence-corrected chi connectivity index (χ3v) is 8.00. The predicted molar refractivity (Wildman–Crippen MR) is 165 cm³/mol. The van der Waals surface area contributed by atoms with Gasteiger partial charge in [0.1, 0.15) is 11.9 Å². The van der Waals surface area contributed by atoms with Crippen LogP contribution in [0.15, 0.2) is 24.3 Å². The summed E-state index contributed by atoms with van der Waals surface area (Å²) >= 11 is 0. The number of nitrogens with two attached hydrogens (primary N) is 1. The second kappa shape index (κ2) is 20.9. The van der Waals surface area contributed by atoms with Crippen LogP contribution in [0.25, 0.3) is 0 Å². The minimum Gasteiger partial charge on any atom is -0.493 e. The fraction of sp³-hybridized carbons (Fsp3) is 0.742.